The molecule has 1 heterocycles. The Balaban J connectivity index is 1.99. The van der Waals surface area contributed by atoms with Crippen molar-refractivity contribution in [1.82, 2.24) is 5.32 Å². The molecule has 1 aromatic carbocycles. The number of nitrogens with one attached hydrogen (secondary N) is 1. The van der Waals surface area contributed by atoms with E-state index in [0.717, 1.165) is 43.8 Å². The first-order chi connectivity index (χ1) is 10.1. The first-order valence-electron chi connectivity index (χ1n) is 7.50. The van der Waals surface area contributed by atoms with Crippen LogP contribution in [-0.4, -0.2) is 32.7 Å². The minimum Gasteiger partial charge on any atom is -0.497 e. The van der Waals surface area contributed by atoms with Crippen LogP contribution in [-0.2, 0) is 11.3 Å². The molecule has 0 spiro atoms. The molecule has 5 nitrogen and oxygen atoms in total. The molecule has 0 aliphatic carbocycles. The van der Waals surface area contributed by atoms with Crippen LogP contribution in [0.2, 0.25) is 0 Å². The van der Waals surface area contributed by atoms with Gasteiger partial charge in [0.15, 0.2) is 0 Å². The van der Waals surface area contributed by atoms with Crippen LogP contribution in [0, 0.1) is 5.92 Å². The van der Waals surface area contributed by atoms with E-state index in [4.69, 9.17) is 10.5 Å². The van der Waals surface area contributed by atoms with Gasteiger partial charge in [0, 0.05) is 44.9 Å². The van der Waals surface area contributed by atoms with Gasteiger partial charge in [0.05, 0.1) is 7.11 Å². The third kappa shape index (κ3) is 4.11. The second kappa shape index (κ2) is 7.31. The molecule has 1 saturated heterocycles. The summed E-state index contributed by atoms with van der Waals surface area (Å²) in [4.78, 5) is 13.3. The van der Waals surface area contributed by atoms with Gasteiger partial charge in [-0.25, -0.2) is 0 Å². The number of ether oxygens (including phenoxy) is 1. The third-order valence-corrected chi connectivity index (χ3v) is 4.11. The summed E-state index contributed by atoms with van der Waals surface area (Å²) in [7, 11) is 1.68. The maximum atomic E-state index is 11.0. The van der Waals surface area contributed by atoms with Gasteiger partial charge < -0.3 is 20.7 Å². The Bertz CT molecular complexity index is 482. The number of amides is 1. The van der Waals surface area contributed by atoms with Crippen molar-refractivity contribution in [2.45, 2.75) is 26.3 Å². The number of rotatable bonds is 5. The molecule has 21 heavy (non-hydrogen) atoms. The van der Waals surface area contributed by atoms with E-state index in [2.05, 4.69) is 16.3 Å². The third-order valence-electron chi connectivity index (χ3n) is 4.11. The maximum Gasteiger partial charge on any atom is 0.216 e. The zero-order valence-electron chi connectivity index (χ0n) is 12.9. The van der Waals surface area contributed by atoms with Gasteiger partial charge >= 0.3 is 0 Å². The molecule has 0 bridgehead atoms. The summed E-state index contributed by atoms with van der Waals surface area (Å²) in [5, 5.41) is 2.91. The quantitative estimate of drug-likeness (QED) is 0.863. The lowest BCUT2D eigenvalue weighted by Crippen LogP contribution is -2.38. The van der Waals surface area contributed by atoms with Gasteiger partial charge in [0.1, 0.15) is 5.75 Å². The number of methoxy groups -OCH3 is 1. The summed E-state index contributed by atoms with van der Waals surface area (Å²) >= 11 is 0. The summed E-state index contributed by atoms with van der Waals surface area (Å²) in [5.41, 5.74) is 8.17. The van der Waals surface area contributed by atoms with Crippen molar-refractivity contribution in [3.8, 4) is 5.75 Å². The van der Waals surface area contributed by atoms with E-state index in [0.29, 0.717) is 12.5 Å². The molecule has 1 aliphatic heterocycles. The molecule has 0 atom stereocenters. The van der Waals surface area contributed by atoms with Crippen molar-refractivity contribution in [2.24, 2.45) is 11.7 Å². The molecule has 0 radical (unpaired) electrons. The van der Waals surface area contributed by atoms with Crippen LogP contribution in [0.3, 0.4) is 0 Å². The number of benzene rings is 1. The Labute approximate surface area is 126 Å². The number of carbonyl (C=O) groups excluding carboxylic acids is 1. The molecule has 0 saturated carbocycles. The molecule has 5 heteroatoms. The number of anilines is 1. The number of nitrogens with two attached hydrogens (primary N) is 1. The van der Waals surface area contributed by atoms with Crippen molar-refractivity contribution >= 4 is 11.6 Å². The number of carbonyl (C=O) groups is 1. The van der Waals surface area contributed by atoms with E-state index >= 15 is 0 Å². The zero-order chi connectivity index (χ0) is 15.2. The molecule has 1 fully saturated rings. The average molecular weight is 291 g/mol. The molecular formula is C16H25N3O2. The highest BCUT2D eigenvalue weighted by Gasteiger charge is 2.21. The van der Waals surface area contributed by atoms with Crippen LogP contribution in [0.5, 0.6) is 5.75 Å². The van der Waals surface area contributed by atoms with Gasteiger partial charge in [0.2, 0.25) is 5.91 Å². The van der Waals surface area contributed by atoms with Crippen LogP contribution in [0.4, 0.5) is 5.69 Å². The van der Waals surface area contributed by atoms with Gasteiger partial charge in [-0.3, -0.25) is 4.79 Å². The fourth-order valence-electron chi connectivity index (χ4n) is 2.80. The highest BCUT2D eigenvalue weighted by Crippen LogP contribution is 2.29. The number of hydrogen-bond acceptors (Lipinski definition) is 4. The second-order valence-electron chi connectivity index (χ2n) is 5.57. The van der Waals surface area contributed by atoms with Crippen molar-refractivity contribution in [3.63, 3.8) is 0 Å². The molecule has 0 aromatic heterocycles. The minimum atomic E-state index is 0.0515. The Kier molecular flexibility index (Phi) is 5.44. The van der Waals surface area contributed by atoms with E-state index in [-0.39, 0.29) is 5.91 Å². The lowest BCUT2D eigenvalue weighted by atomic mass is 9.95. The predicted octanol–water partition coefficient (Wildman–Crippen LogP) is 1.51. The summed E-state index contributed by atoms with van der Waals surface area (Å²) in [6.45, 7) is 4.86. The van der Waals surface area contributed by atoms with Crippen LogP contribution >= 0.6 is 0 Å². The molecular weight excluding hydrogens is 266 g/mol. The van der Waals surface area contributed by atoms with Crippen LogP contribution < -0.4 is 20.7 Å². The van der Waals surface area contributed by atoms with Gasteiger partial charge in [0.25, 0.3) is 0 Å². The summed E-state index contributed by atoms with van der Waals surface area (Å²) in [6.07, 6.45) is 2.17. The van der Waals surface area contributed by atoms with E-state index in [1.165, 1.54) is 5.69 Å². The molecule has 2 rings (SSSR count). The zero-order valence-corrected chi connectivity index (χ0v) is 12.9. The van der Waals surface area contributed by atoms with Crippen molar-refractivity contribution in [2.75, 3.05) is 31.6 Å². The molecule has 116 valence electrons. The number of piperidine rings is 1. The normalized spacial score (nSPS) is 15.9. The highest BCUT2D eigenvalue weighted by atomic mass is 16.5. The van der Waals surface area contributed by atoms with E-state index in [1.54, 1.807) is 14.0 Å². The summed E-state index contributed by atoms with van der Waals surface area (Å²) in [5.74, 6) is 1.48. The van der Waals surface area contributed by atoms with E-state index in [9.17, 15) is 4.79 Å². The minimum absolute atomic E-state index is 0.0515. The standard InChI is InChI=1S/C16H25N3O2/c1-12(20)18-11-13-5-7-19(8-6-13)16-9-15(21-2)4-3-14(16)10-17/h3-4,9,13H,5-8,10-11,17H2,1-2H3,(H,18,20). The summed E-state index contributed by atoms with van der Waals surface area (Å²) < 4.78 is 5.32. The topological polar surface area (TPSA) is 67.6 Å². The first-order valence-corrected chi connectivity index (χ1v) is 7.50. The number of hydrogen-bond donors (Lipinski definition) is 2. The van der Waals surface area contributed by atoms with Crippen molar-refractivity contribution in [1.29, 1.82) is 0 Å². The Morgan fingerprint density at radius 3 is 2.71 bits per heavy atom. The van der Waals surface area contributed by atoms with Crippen LogP contribution in [0.25, 0.3) is 0 Å². The van der Waals surface area contributed by atoms with E-state index < -0.39 is 0 Å². The highest BCUT2D eigenvalue weighted by molar-refractivity contribution is 5.72. The SMILES string of the molecule is COc1ccc(CN)c(N2CCC(CNC(C)=O)CC2)c1. The first kappa shape index (κ1) is 15.6. The fourth-order valence-corrected chi connectivity index (χ4v) is 2.80. The summed E-state index contributed by atoms with van der Waals surface area (Å²) in [6, 6.07) is 6.06. The van der Waals surface area contributed by atoms with Crippen LogP contribution in [0.15, 0.2) is 18.2 Å². The smallest absolute Gasteiger partial charge is 0.216 e. The molecule has 1 amide bonds. The van der Waals surface area contributed by atoms with E-state index in [1.807, 2.05) is 12.1 Å². The van der Waals surface area contributed by atoms with Gasteiger partial charge in [-0.1, -0.05) is 6.07 Å². The Morgan fingerprint density at radius 2 is 2.14 bits per heavy atom. The Morgan fingerprint density at radius 1 is 1.43 bits per heavy atom. The second-order valence-corrected chi connectivity index (χ2v) is 5.57. The van der Waals surface area contributed by atoms with Gasteiger partial charge in [-0.05, 0) is 30.4 Å². The molecule has 1 aromatic rings. The molecule has 1 aliphatic rings. The Hall–Kier alpha value is -1.75. The maximum absolute atomic E-state index is 11.0. The van der Waals surface area contributed by atoms with Gasteiger partial charge in [-0.2, -0.15) is 0 Å². The van der Waals surface area contributed by atoms with Crippen molar-refractivity contribution in [3.05, 3.63) is 23.8 Å². The van der Waals surface area contributed by atoms with Gasteiger partial charge in [-0.15, -0.1) is 0 Å². The van der Waals surface area contributed by atoms with Crippen molar-refractivity contribution < 1.29 is 9.53 Å². The number of nitrogens with zero attached hydrogens (tertiary/aromatic N) is 1. The van der Waals surface area contributed by atoms with Crippen LogP contribution in [0.1, 0.15) is 25.3 Å². The predicted molar refractivity (Wildman–Crippen MR) is 84.5 cm³/mol. The lowest BCUT2D eigenvalue weighted by Gasteiger charge is -2.35. The molecule has 0 unspecified atom stereocenters. The largest absolute Gasteiger partial charge is 0.497 e. The average Bonchev–Trinajstić information content (AvgIpc) is 2.52. The monoisotopic (exact) mass is 291 g/mol. The fraction of sp³-hybridized carbons (Fsp3) is 0.562. The molecule has 3 N–H and O–H groups in total. The lowest BCUT2D eigenvalue weighted by molar-refractivity contribution is -0.119.